The lowest BCUT2D eigenvalue weighted by Gasteiger charge is -2.19. The second-order valence-corrected chi connectivity index (χ2v) is 9.27. The number of amides is 1. The minimum Gasteiger partial charge on any atom is -0.375 e. The van der Waals surface area contributed by atoms with Gasteiger partial charge in [0.25, 0.3) is 5.91 Å². The van der Waals surface area contributed by atoms with E-state index >= 15 is 0 Å². The number of para-hydroxylation sites is 1. The predicted octanol–water partition coefficient (Wildman–Crippen LogP) is 2.96. The molecule has 146 valence electrons. The van der Waals surface area contributed by atoms with Crippen LogP contribution in [0.15, 0.2) is 57.9 Å². The molecule has 0 aliphatic heterocycles. The molecule has 27 heavy (non-hydrogen) atoms. The molecule has 2 aromatic rings. The van der Waals surface area contributed by atoms with Gasteiger partial charge in [-0.15, -0.1) is 0 Å². The maximum Gasteiger partial charge on any atom is 0.251 e. The monoisotopic (exact) mass is 453 g/mol. The van der Waals surface area contributed by atoms with E-state index in [1.165, 1.54) is 20.2 Å². The zero-order chi connectivity index (χ0) is 20.0. The van der Waals surface area contributed by atoms with Crippen LogP contribution in [0.3, 0.4) is 0 Å². The smallest absolute Gasteiger partial charge is 0.251 e. The zero-order valence-corrected chi connectivity index (χ0v) is 18.0. The molecule has 2 aromatic carbocycles. The molecule has 0 saturated heterocycles. The second-order valence-electron chi connectivity index (χ2n) is 6.30. The van der Waals surface area contributed by atoms with Crippen LogP contribution in [0, 0.1) is 0 Å². The summed E-state index contributed by atoms with van der Waals surface area (Å²) in [6, 6.07) is 14.6. The average Bonchev–Trinajstić information content (AvgIpc) is 2.65. The zero-order valence-electron chi connectivity index (χ0n) is 15.6. The topological polar surface area (TPSA) is 69.7 Å². The van der Waals surface area contributed by atoms with E-state index in [1.807, 2.05) is 37.4 Å². The van der Waals surface area contributed by atoms with Gasteiger partial charge in [-0.25, -0.2) is 12.7 Å². The van der Waals surface area contributed by atoms with Gasteiger partial charge in [-0.3, -0.25) is 4.79 Å². The van der Waals surface area contributed by atoms with Crippen LogP contribution in [0.2, 0.25) is 0 Å². The quantitative estimate of drug-likeness (QED) is 0.623. The Balaban J connectivity index is 1.95. The molecule has 0 bridgehead atoms. The third-order valence-corrected chi connectivity index (χ3v) is 6.91. The Morgan fingerprint density at radius 3 is 2.37 bits per heavy atom. The summed E-state index contributed by atoms with van der Waals surface area (Å²) in [5, 5.41) is 2.84. The van der Waals surface area contributed by atoms with Gasteiger partial charge in [-0.2, -0.15) is 0 Å². The molecule has 0 aliphatic carbocycles. The van der Waals surface area contributed by atoms with Crippen molar-refractivity contribution in [2.24, 2.45) is 0 Å². The van der Waals surface area contributed by atoms with Crippen LogP contribution >= 0.6 is 15.9 Å². The summed E-state index contributed by atoms with van der Waals surface area (Å²) >= 11 is 3.24. The Kier molecular flexibility index (Phi) is 7.41. The highest BCUT2D eigenvalue weighted by molar-refractivity contribution is 9.10. The van der Waals surface area contributed by atoms with E-state index in [9.17, 15) is 13.2 Å². The van der Waals surface area contributed by atoms with Crippen molar-refractivity contribution >= 4 is 37.5 Å². The highest BCUT2D eigenvalue weighted by Crippen LogP contribution is 2.25. The number of rotatable bonds is 8. The van der Waals surface area contributed by atoms with Crippen LogP contribution in [0.1, 0.15) is 16.8 Å². The number of carbonyl (C=O) groups is 1. The van der Waals surface area contributed by atoms with E-state index in [4.69, 9.17) is 0 Å². The molecular formula is C19H24BrN3O3S. The molecule has 0 heterocycles. The van der Waals surface area contributed by atoms with Gasteiger partial charge in [0, 0.05) is 50.0 Å². The highest BCUT2D eigenvalue weighted by atomic mass is 79.9. The van der Waals surface area contributed by atoms with Gasteiger partial charge in [0.1, 0.15) is 0 Å². The molecule has 0 aromatic heterocycles. The first-order valence-corrected chi connectivity index (χ1v) is 10.7. The number of anilines is 1. The van der Waals surface area contributed by atoms with Crippen molar-refractivity contribution in [3.63, 3.8) is 0 Å². The third kappa shape index (κ3) is 5.54. The van der Waals surface area contributed by atoms with Crippen LogP contribution in [0.25, 0.3) is 0 Å². The van der Waals surface area contributed by atoms with Gasteiger partial charge in [-0.05, 0) is 52.7 Å². The normalized spacial score (nSPS) is 11.4. The molecule has 8 heteroatoms. The molecule has 0 saturated carbocycles. The summed E-state index contributed by atoms with van der Waals surface area (Å²) in [4.78, 5) is 14.6. The summed E-state index contributed by atoms with van der Waals surface area (Å²) in [7, 11) is 1.29. The number of hydrogen-bond acceptors (Lipinski definition) is 4. The first kappa shape index (κ1) is 21.4. The number of halogens is 1. The largest absolute Gasteiger partial charge is 0.375 e. The van der Waals surface area contributed by atoms with Gasteiger partial charge < -0.3 is 10.2 Å². The molecule has 6 nitrogen and oxygen atoms in total. The van der Waals surface area contributed by atoms with Crippen molar-refractivity contribution in [3.05, 3.63) is 58.6 Å². The van der Waals surface area contributed by atoms with Crippen molar-refractivity contribution in [2.45, 2.75) is 11.3 Å². The average molecular weight is 454 g/mol. The number of hydrogen-bond donors (Lipinski definition) is 1. The van der Waals surface area contributed by atoms with Crippen molar-refractivity contribution in [1.82, 2.24) is 9.62 Å². The lowest BCUT2D eigenvalue weighted by Crippen LogP contribution is -2.28. The van der Waals surface area contributed by atoms with Gasteiger partial charge in [0.05, 0.1) is 4.90 Å². The summed E-state index contributed by atoms with van der Waals surface area (Å²) in [6.45, 7) is 1.30. The molecule has 0 atom stereocenters. The summed E-state index contributed by atoms with van der Waals surface area (Å²) < 4.78 is 26.3. The van der Waals surface area contributed by atoms with Crippen molar-refractivity contribution < 1.29 is 13.2 Å². The van der Waals surface area contributed by atoms with Crippen LogP contribution in [-0.2, 0) is 10.0 Å². The molecule has 0 spiro atoms. The molecule has 1 N–H and O–H groups in total. The van der Waals surface area contributed by atoms with E-state index in [2.05, 4.69) is 26.1 Å². The first-order chi connectivity index (χ1) is 12.7. The number of carbonyl (C=O) groups excluding carboxylic acids is 1. The fourth-order valence-corrected chi connectivity index (χ4v) is 4.31. The maximum absolute atomic E-state index is 12.4. The Morgan fingerprint density at radius 1 is 1.07 bits per heavy atom. The van der Waals surface area contributed by atoms with E-state index in [-0.39, 0.29) is 10.8 Å². The van der Waals surface area contributed by atoms with Crippen molar-refractivity contribution in [3.8, 4) is 0 Å². The van der Waals surface area contributed by atoms with Gasteiger partial charge in [0.2, 0.25) is 10.0 Å². The van der Waals surface area contributed by atoms with Crippen LogP contribution in [-0.4, -0.2) is 52.9 Å². The fourth-order valence-electron chi connectivity index (χ4n) is 2.47. The van der Waals surface area contributed by atoms with Crippen molar-refractivity contribution in [2.75, 3.05) is 39.1 Å². The lowest BCUT2D eigenvalue weighted by molar-refractivity contribution is 0.0953. The number of nitrogens with zero attached hydrogens (tertiary/aromatic N) is 2. The molecule has 1 amide bonds. The van der Waals surface area contributed by atoms with Gasteiger partial charge >= 0.3 is 0 Å². The Hall–Kier alpha value is -1.90. The second kappa shape index (κ2) is 9.34. The van der Waals surface area contributed by atoms with E-state index in [0.29, 0.717) is 16.6 Å². The molecule has 0 aliphatic rings. The maximum atomic E-state index is 12.4. The SMILES string of the molecule is CN(CCCNC(=O)c1ccc(Br)c(S(=O)(=O)N(C)C)c1)c1ccccc1. The summed E-state index contributed by atoms with van der Waals surface area (Å²) in [6.07, 6.45) is 0.774. The standard InChI is InChI=1S/C19H24BrN3O3S/c1-22(2)27(25,26)18-14-15(10-11-17(18)20)19(24)21-12-7-13-23(3)16-8-5-4-6-9-16/h4-6,8-11,14H,7,12-13H2,1-3H3,(H,21,24). The molecule has 2 rings (SSSR count). The van der Waals surface area contributed by atoms with E-state index in [0.717, 1.165) is 23.0 Å². The van der Waals surface area contributed by atoms with Crippen LogP contribution in [0.4, 0.5) is 5.69 Å². The van der Waals surface area contributed by atoms with Gasteiger partial charge in [0.15, 0.2) is 0 Å². The summed E-state index contributed by atoms with van der Waals surface area (Å²) in [5.41, 5.74) is 1.44. The third-order valence-electron chi connectivity index (χ3n) is 4.10. The fraction of sp³-hybridized carbons (Fsp3) is 0.316. The molecule has 0 fully saturated rings. The molecular weight excluding hydrogens is 430 g/mol. The highest BCUT2D eigenvalue weighted by Gasteiger charge is 2.22. The van der Waals surface area contributed by atoms with Crippen LogP contribution in [0.5, 0.6) is 0 Å². The van der Waals surface area contributed by atoms with E-state index in [1.54, 1.807) is 12.1 Å². The number of benzene rings is 2. The summed E-state index contributed by atoms with van der Waals surface area (Å²) in [5.74, 6) is -0.292. The lowest BCUT2D eigenvalue weighted by atomic mass is 10.2. The molecule has 0 radical (unpaired) electrons. The first-order valence-electron chi connectivity index (χ1n) is 8.50. The van der Waals surface area contributed by atoms with Gasteiger partial charge in [-0.1, -0.05) is 18.2 Å². The Labute approximate surface area is 169 Å². The Morgan fingerprint density at radius 2 is 1.74 bits per heavy atom. The number of nitrogens with one attached hydrogen (secondary N) is 1. The van der Waals surface area contributed by atoms with Crippen molar-refractivity contribution in [1.29, 1.82) is 0 Å². The van der Waals surface area contributed by atoms with Crippen LogP contribution < -0.4 is 10.2 Å². The predicted molar refractivity (Wildman–Crippen MR) is 112 cm³/mol. The molecule has 0 unspecified atom stereocenters. The Bertz CT molecular complexity index is 886. The number of sulfonamides is 1. The minimum absolute atomic E-state index is 0.0731. The van der Waals surface area contributed by atoms with E-state index < -0.39 is 10.0 Å². The minimum atomic E-state index is -3.63.